The highest BCUT2D eigenvalue weighted by Gasteiger charge is 2.21. The Morgan fingerprint density at radius 3 is 2.68 bits per heavy atom. The summed E-state index contributed by atoms with van der Waals surface area (Å²) in [4.78, 5) is 25.4. The molecule has 0 bridgehead atoms. The van der Waals surface area contributed by atoms with Crippen LogP contribution >= 0.6 is 11.3 Å². The van der Waals surface area contributed by atoms with Crippen LogP contribution in [0.15, 0.2) is 24.3 Å². The summed E-state index contributed by atoms with van der Waals surface area (Å²) in [5.74, 6) is 0.710. The highest BCUT2D eigenvalue weighted by Crippen LogP contribution is 2.24. The van der Waals surface area contributed by atoms with Crippen molar-refractivity contribution in [3.8, 4) is 5.75 Å². The molecule has 0 saturated carbocycles. The minimum atomic E-state index is -0.287. The molecule has 25 heavy (non-hydrogen) atoms. The maximum atomic E-state index is 11.9. The van der Waals surface area contributed by atoms with Gasteiger partial charge >= 0.3 is 0 Å². The van der Waals surface area contributed by atoms with Crippen molar-refractivity contribution in [1.82, 2.24) is 10.2 Å². The summed E-state index contributed by atoms with van der Waals surface area (Å²) in [6, 6.07) is 7.18. The van der Waals surface area contributed by atoms with Crippen molar-refractivity contribution in [3.05, 3.63) is 29.3 Å². The SMILES string of the molecule is CC(C)c1nnc(NC(=O)COc2ccc(N3CCCC3=O)cc2)s1. The van der Waals surface area contributed by atoms with Gasteiger partial charge in [0.1, 0.15) is 10.8 Å². The molecule has 0 atom stereocenters. The van der Waals surface area contributed by atoms with Crippen LogP contribution in [-0.4, -0.2) is 35.2 Å². The van der Waals surface area contributed by atoms with Gasteiger partial charge in [0.2, 0.25) is 11.0 Å². The summed E-state index contributed by atoms with van der Waals surface area (Å²) in [7, 11) is 0. The van der Waals surface area contributed by atoms with E-state index in [0.717, 1.165) is 23.7 Å². The zero-order chi connectivity index (χ0) is 17.8. The number of amides is 2. The van der Waals surface area contributed by atoms with E-state index in [4.69, 9.17) is 4.74 Å². The predicted octanol–water partition coefficient (Wildman–Crippen LogP) is 2.81. The van der Waals surface area contributed by atoms with Gasteiger partial charge in [-0.05, 0) is 30.7 Å². The van der Waals surface area contributed by atoms with Gasteiger partial charge in [-0.25, -0.2) is 0 Å². The first-order valence-electron chi connectivity index (χ1n) is 8.19. The van der Waals surface area contributed by atoms with E-state index in [9.17, 15) is 9.59 Å². The first-order chi connectivity index (χ1) is 12.0. The molecule has 3 rings (SSSR count). The molecule has 132 valence electrons. The van der Waals surface area contributed by atoms with E-state index in [1.165, 1.54) is 11.3 Å². The quantitative estimate of drug-likeness (QED) is 0.856. The zero-order valence-electron chi connectivity index (χ0n) is 14.2. The van der Waals surface area contributed by atoms with Crippen LogP contribution in [0.25, 0.3) is 0 Å². The lowest BCUT2D eigenvalue weighted by atomic mass is 10.2. The fourth-order valence-corrected chi connectivity index (χ4v) is 3.23. The molecule has 0 spiro atoms. The average Bonchev–Trinajstić information content (AvgIpc) is 3.22. The molecular weight excluding hydrogens is 340 g/mol. The van der Waals surface area contributed by atoms with Gasteiger partial charge in [-0.15, -0.1) is 10.2 Å². The Morgan fingerprint density at radius 1 is 1.32 bits per heavy atom. The van der Waals surface area contributed by atoms with Crippen molar-refractivity contribution in [3.63, 3.8) is 0 Å². The molecule has 2 heterocycles. The Hall–Kier alpha value is -2.48. The molecule has 1 N–H and O–H groups in total. The first kappa shape index (κ1) is 17.3. The summed E-state index contributed by atoms with van der Waals surface area (Å²) >= 11 is 1.36. The number of aromatic nitrogens is 2. The van der Waals surface area contributed by atoms with Crippen LogP contribution in [0, 0.1) is 0 Å². The van der Waals surface area contributed by atoms with E-state index in [-0.39, 0.29) is 24.3 Å². The van der Waals surface area contributed by atoms with Crippen LogP contribution in [0.1, 0.15) is 37.6 Å². The zero-order valence-corrected chi connectivity index (χ0v) is 15.0. The van der Waals surface area contributed by atoms with Crippen molar-refractivity contribution in [2.45, 2.75) is 32.6 Å². The number of benzene rings is 1. The third kappa shape index (κ3) is 4.33. The second-order valence-electron chi connectivity index (χ2n) is 6.08. The third-order valence-electron chi connectivity index (χ3n) is 3.77. The number of carbonyl (C=O) groups excluding carboxylic acids is 2. The number of hydrogen-bond donors (Lipinski definition) is 1. The highest BCUT2D eigenvalue weighted by molar-refractivity contribution is 7.15. The number of hydrogen-bond acceptors (Lipinski definition) is 6. The normalized spacial score (nSPS) is 14.2. The predicted molar refractivity (Wildman–Crippen MR) is 96.2 cm³/mol. The second kappa shape index (κ2) is 7.60. The van der Waals surface area contributed by atoms with Gasteiger partial charge in [-0.2, -0.15) is 0 Å². The molecule has 2 amide bonds. The third-order valence-corrected chi connectivity index (χ3v) is 4.91. The van der Waals surface area contributed by atoms with Crippen LogP contribution in [-0.2, 0) is 9.59 Å². The van der Waals surface area contributed by atoms with Gasteiger partial charge in [0.25, 0.3) is 5.91 Å². The van der Waals surface area contributed by atoms with E-state index in [1.54, 1.807) is 17.0 Å². The van der Waals surface area contributed by atoms with E-state index in [2.05, 4.69) is 15.5 Å². The maximum Gasteiger partial charge on any atom is 0.264 e. The summed E-state index contributed by atoms with van der Waals surface area (Å²) in [6.45, 7) is 4.68. The molecule has 0 radical (unpaired) electrons. The van der Waals surface area contributed by atoms with Gasteiger partial charge in [0, 0.05) is 24.6 Å². The molecule has 1 aromatic carbocycles. The second-order valence-corrected chi connectivity index (χ2v) is 7.09. The van der Waals surface area contributed by atoms with Crippen LogP contribution in [0.5, 0.6) is 5.75 Å². The average molecular weight is 360 g/mol. The molecule has 2 aromatic rings. The van der Waals surface area contributed by atoms with Crippen LogP contribution in [0.2, 0.25) is 0 Å². The smallest absolute Gasteiger partial charge is 0.264 e. The Labute approximate surface area is 150 Å². The maximum absolute atomic E-state index is 11.9. The number of anilines is 2. The first-order valence-corrected chi connectivity index (χ1v) is 9.01. The van der Waals surface area contributed by atoms with Gasteiger partial charge in [-0.3, -0.25) is 14.9 Å². The van der Waals surface area contributed by atoms with E-state index in [0.29, 0.717) is 17.3 Å². The number of carbonyl (C=O) groups is 2. The van der Waals surface area contributed by atoms with Crippen LogP contribution in [0.4, 0.5) is 10.8 Å². The van der Waals surface area contributed by atoms with Gasteiger partial charge in [-0.1, -0.05) is 25.2 Å². The molecule has 1 saturated heterocycles. The number of nitrogens with one attached hydrogen (secondary N) is 1. The molecule has 0 unspecified atom stereocenters. The molecular formula is C17H20N4O3S. The molecule has 8 heteroatoms. The van der Waals surface area contributed by atoms with Gasteiger partial charge in [0.05, 0.1) is 0 Å². The minimum Gasteiger partial charge on any atom is -0.484 e. The van der Waals surface area contributed by atoms with Crippen molar-refractivity contribution in [2.75, 3.05) is 23.4 Å². The standard InChI is InChI=1S/C17H20N4O3S/c1-11(2)16-19-20-17(25-16)18-14(22)10-24-13-7-5-12(6-8-13)21-9-3-4-15(21)23/h5-8,11H,3-4,9-10H2,1-2H3,(H,18,20,22). The van der Waals surface area contributed by atoms with Crippen LogP contribution < -0.4 is 15.0 Å². The molecule has 0 aliphatic carbocycles. The van der Waals surface area contributed by atoms with E-state index < -0.39 is 0 Å². The summed E-state index contributed by atoms with van der Waals surface area (Å²) in [5, 5.41) is 12.0. The fourth-order valence-electron chi connectivity index (χ4n) is 2.47. The summed E-state index contributed by atoms with van der Waals surface area (Å²) < 4.78 is 5.48. The fraction of sp³-hybridized carbons (Fsp3) is 0.412. The van der Waals surface area contributed by atoms with Crippen LogP contribution in [0.3, 0.4) is 0 Å². The lowest BCUT2D eigenvalue weighted by molar-refractivity contribution is -0.118. The lowest BCUT2D eigenvalue weighted by Crippen LogP contribution is -2.23. The lowest BCUT2D eigenvalue weighted by Gasteiger charge is -2.16. The summed E-state index contributed by atoms with van der Waals surface area (Å²) in [5.41, 5.74) is 0.856. The molecule has 1 aliphatic heterocycles. The topological polar surface area (TPSA) is 84.4 Å². The van der Waals surface area contributed by atoms with Gasteiger partial charge < -0.3 is 9.64 Å². The number of nitrogens with zero attached hydrogens (tertiary/aromatic N) is 3. The molecule has 1 fully saturated rings. The highest BCUT2D eigenvalue weighted by atomic mass is 32.1. The van der Waals surface area contributed by atoms with E-state index in [1.807, 2.05) is 26.0 Å². The molecule has 7 nitrogen and oxygen atoms in total. The largest absolute Gasteiger partial charge is 0.484 e. The monoisotopic (exact) mass is 360 g/mol. The summed E-state index contributed by atoms with van der Waals surface area (Å²) in [6.07, 6.45) is 1.49. The van der Waals surface area contributed by atoms with Crippen molar-refractivity contribution in [2.24, 2.45) is 0 Å². The number of rotatable bonds is 6. The minimum absolute atomic E-state index is 0.113. The molecule has 1 aromatic heterocycles. The Morgan fingerprint density at radius 2 is 2.08 bits per heavy atom. The Kier molecular flexibility index (Phi) is 5.28. The Balaban J connectivity index is 1.50. The number of ether oxygens (including phenoxy) is 1. The Bertz CT molecular complexity index is 758. The van der Waals surface area contributed by atoms with E-state index >= 15 is 0 Å². The van der Waals surface area contributed by atoms with Crippen molar-refractivity contribution >= 4 is 34.0 Å². The van der Waals surface area contributed by atoms with Crippen molar-refractivity contribution < 1.29 is 14.3 Å². The van der Waals surface area contributed by atoms with Crippen molar-refractivity contribution in [1.29, 1.82) is 0 Å². The van der Waals surface area contributed by atoms with Gasteiger partial charge in [0.15, 0.2) is 6.61 Å². The molecule has 1 aliphatic rings.